The minimum Gasteiger partial charge on any atom is -0.371 e. The molecule has 0 saturated carbocycles. The smallest absolute Gasteiger partial charge is 0.211 e. The Hall–Kier alpha value is -1.71. The molecular weight excluding hydrogens is 190 g/mol. The molecule has 0 aromatic heterocycles. The monoisotopic (exact) mass is 205 g/mol. The summed E-state index contributed by atoms with van der Waals surface area (Å²) >= 11 is 0. The van der Waals surface area contributed by atoms with Gasteiger partial charge in [-0.05, 0) is 18.2 Å². The first kappa shape index (κ1) is 9.83. The summed E-state index contributed by atoms with van der Waals surface area (Å²) in [6.45, 7) is 2.04. The van der Waals surface area contributed by atoms with Crippen molar-refractivity contribution in [1.82, 2.24) is 0 Å². The molecule has 0 spiro atoms. The first-order valence-corrected chi connectivity index (χ1v) is 4.99. The second-order valence-electron chi connectivity index (χ2n) is 3.81. The van der Waals surface area contributed by atoms with E-state index in [1.807, 2.05) is 18.2 Å². The summed E-state index contributed by atoms with van der Waals surface area (Å²) in [4.78, 5) is 14.8. The number of anilines is 3. The van der Waals surface area contributed by atoms with Crippen molar-refractivity contribution < 1.29 is 4.79 Å². The third-order valence-electron chi connectivity index (χ3n) is 2.79. The van der Waals surface area contributed by atoms with E-state index in [-0.39, 0.29) is 0 Å². The fourth-order valence-corrected chi connectivity index (χ4v) is 1.85. The SMILES string of the molecule is CN1CCN(C)c2cc(NC=O)ccc21. The van der Waals surface area contributed by atoms with Crippen LogP contribution in [0.4, 0.5) is 17.1 Å². The van der Waals surface area contributed by atoms with Gasteiger partial charge in [0, 0.05) is 32.9 Å². The molecule has 1 aromatic rings. The van der Waals surface area contributed by atoms with E-state index in [1.165, 1.54) is 5.69 Å². The number of fused-ring (bicyclic) bond motifs is 1. The molecule has 0 atom stereocenters. The van der Waals surface area contributed by atoms with Gasteiger partial charge in [0.15, 0.2) is 0 Å². The van der Waals surface area contributed by atoms with Crippen LogP contribution in [0.2, 0.25) is 0 Å². The summed E-state index contributed by atoms with van der Waals surface area (Å²) in [7, 11) is 4.15. The first-order chi connectivity index (χ1) is 7.22. The number of benzene rings is 1. The van der Waals surface area contributed by atoms with Crippen LogP contribution in [-0.4, -0.2) is 33.6 Å². The zero-order valence-corrected chi connectivity index (χ0v) is 9.03. The van der Waals surface area contributed by atoms with Gasteiger partial charge in [-0.15, -0.1) is 0 Å². The van der Waals surface area contributed by atoms with Gasteiger partial charge in [-0.1, -0.05) is 0 Å². The maximum absolute atomic E-state index is 10.4. The number of hydrogen-bond acceptors (Lipinski definition) is 3. The Morgan fingerprint density at radius 2 is 1.87 bits per heavy atom. The molecular formula is C11H15N3O. The second-order valence-corrected chi connectivity index (χ2v) is 3.81. The molecule has 1 N–H and O–H groups in total. The zero-order chi connectivity index (χ0) is 10.8. The van der Waals surface area contributed by atoms with Gasteiger partial charge in [-0.2, -0.15) is 0 Å². The molecule has 0 bridgehead atoms. The van der Waals surface area contributed by atoms with Gasteiger partial charge in [0.1, 0.15) is 0 Å². The molecule has 0 aliphatic carbocycles. The summed E-state index contributed by atoms with van der Waals surface area (Å²) in [6, 6.07) is 5.96. The number of carbonyl (C=O) groups is 1. The fraction of sp³-hybridized carbons (Fsp3) is 0.364. The Labute approximate surface area is 89.5 Å². The van der Waals surface area contributed by atoms with Crippen LogP contribution in [0.1, 0.15) is 0 Å². The lowest BCUT2D eigenvalue weighted by Crippen LogP contribution is -2.36. The standard InChI is InChI=1S/C11H15N3O/c1-13-5-6-14(2)11-7-9(12-8-15)3-4-10(11)13/h3-4,7-8H,5-6H2,1-2H3,(H,12,15). The van der Waals surface area contributed by atoms with Crippen LogP contribution in [0.3, 0.4) is 0 Å². The lowest BCUT2D eigenvalue weighted by molar-refractivity contribution is -0.105. The molecule has 1 aliphatic rings. The van der Waals surface area contributed by atoms with Crippen molar-refractivity contribution in [1.29, 1.82) is 0 Å². The van der Waals surface area contributed by atoms with Gasteiger partial charge in [-0.3, -0.25) is 4.79 Å². The van der Waals surface area contributed by atoms with E-state index in [1.54, 1.807) is 0 Å². The minimum absolute atomic E-state index is 0.703. The average Bonchev–Trinajstić information content (AvgIpc) is 2.24. The van der Waals surface area contributed by atoms with E-state index >= 15 is 0 Å². The molecule has 0 fully saturated rings. The highest BCUT2D eigenvalue weighted by Crippen LogP contribution is 2.33. The van der Waals surface area contributed by atoms with Gasteiger partial charge in [0.05, 0.1) is 11.4 Å². The predicted octanol–water partition coefficient (Wildman–Crippen LogP) is 1.14. The molecule has 2 rings (SSSR count). The molecule has 1 heterocycles. The Morgan fingerprint density at radius 3 is 2.53 bits per heavy atom. The fourth-order valence-electron chi connectivity index (χ4n) is 1.85. The van der Waals surface area contributed by atoms with Crippen LogP contribution in [0.5, 0.6) is 0 Å². The highest BCUT2D eigenvalue weighted by atomic mass is 16.1. The molecule has 0 saturated heterocycles. The Bertz CT molecular complexity index is 378. The van der Waals surface area contributed by atoms with Crippen LogP contribution in [-0.2, 0) is 4.79 Å². The number of nitrogens with one attached hydrogen (secondary N) is 1. The minimum atomic E-state index is 0.703. The van der Waals surface area contributed by atoms with E-state index in [0.29, 0.717) is 6.41 Å². The molecule has 1 aliphatic heterocycles. The van der Waals surface area contributed by atoms with Crippen molar-refractivity contribution in [3.8, 4) is 0 Å². The van der Waals surface area contributed by atoms with Crippen LogP contribution in [0.15, 0.2) is 18.2 Å². The Kier molecular flexibility index (Phi) is 2.49. The van der Waals surface area contributed by atoms with Gasteiger partial charge in [0.2, 0.25) is 6.41 Å². The van der Waals surface area contributed by atoms with Crippen molar-refractivity contribution in [2.75, 3.05) is 42.3 Å². The summed E-state index contributed by atoms with van der Waals surface area (Å²) in [5, 5.41) is 2.67. The number of rotatable bonds is 2. The van der Waals surface area contributed by atoms with Gasteiger partial charge in [0.25, 0.3) is 0 Å². The third kappa shape index (κ3) is 1.75. The summed E-state index contributed by atoms with van der Waals surface area (Å²) in [5.74, 6) is 0. The normalized spacial score (nSPS) is 14.8. The number of likely N-dealkylation sites (N-methyl/N-ethyl adjacent to an activating group) is 2. The lowest BCUT2D eigenvalue weighted by Gasteiger charge is -2.34. The van der Waals surface area contributed by atoms with Crippen LogP contribution in [0, 0.1) is 0 Å². The van der Waals surface area contributed by atoms with E-state index in [9.17, 15) is 4.79 Å². The Morgan fingerprint density at radius 1 is 1.20 bits per heavy atom. The molecule has 4 heteroatoms. The third-order valence-corrected chi connectivity index (χ3v) is 2.79. The number of nitrogens with zero attached hydrogens (tertiary/aromatic N) is 2. The van der Waals surface area contributed by atoms with E-state index in [0.717, 1.165) is 24.5 Å². The number of amides is 1. The molecule has 1 amide bonds. The lowest BCUT2D eigenvalue weighted by atomic mass is 10.1. The summed E-state index contributed by atoms with van der Waals surface area (Å²) < 4.78 is 0. The highest BCUT2D eigenvalue weighted by Gasteiger charge is 2.17. The van der Waals surface area contributed by atoms with E-state index < -0.39 is 0 Å². The highest BCUT2D eigenvalue weighted by molar-refractivity contribution is 5.81. The van der Waals surface area contributed by atoms with E-state index in [2.05, 4.69) is 29.2 Å². The molecule has 0 radical (unpaired) electrons. The molecule has 0 unspecified atom stereocenters. The number of carbonyl (C=O) groups excluding carboxylic acids is 1. The largest absolute Gasteiger partial charge is 0.371 e. The van der Waals surface area contributed by atoms with Gasteiger partial charge in [-0.25, -0.2) is 0 Å². The van der Waals surface area contributed by atoms with E-state index in [4.69, 9.17) is 0 Å². The van der Waals surface area contributed by atoms with Crippen molar-refractivity contribution in [2.24, 2.45) is 0 Å². The maximum atomic E-state index is 10.4. The summed E-state index contributed by atoms with van der Waals surface area (Å²) in [5.41, 5.74) is 3.21. The summed E-state index contributed by atoms with van der Waals surface area (Å²) in [6.07, 6.45) is 0.703. The van der Waals surface area contributed by atoms with Crippen molar-refractivity contribution in [2.45, 2.75) is 0 Å². The maximum Gasteiger partial charge on any atom is 0.211 e. The predicted molar refractivity (Wildman–Crippen MR) is 62.7 cm³/mol. The van der Waals surface area contributed by atoms with Crippen molar-refractivity contribution in [3.63, 3.8) is 0 Å². The molecule has 1 aromatic carbocycles. The molecule has 4 nitrogen and oxygen atoms in total. The van der Waals surface area contributed by atoms with Crippen LogP contribution >= 0.6 is 0 Å². The molecule has 80 valence electrons. The van der Waals surface area contributed by atoms with Crippen LogP contribution < -0.4 is 15.1 Å². The number of hydrogen-bond donors (Lipinski definition) is 1. The van der Waals surface area contributed by atoms with Crippen LogP contribution in [0.25, 0.3) is 0 Å². The Balaban J connectivity index is 2.40. The zero-order valence-electron chi connectivity index (χ0n) is 9.03. The second kappa shape index (κ2) is 3.81. The first-order valence-electron chi connectivity index (χ1n) is 4.99. The van der Waals surface area contributed by atoms with Gasteiger partial charge < -0.3 is 15.1 Å². The topological polar surface area (TPSA) is 35.6 Å². The van der Waals surface area contributed by atoms with Crippen molar-refractivity contribution >= 4 is 23.5 Å². The van der Waals surface area contributed by atoms with Gasteiger partial charge >= 0.3 is 0 Å². The average molecular weight is 205 g/mol. The molecule has 15 heavy (non-hydrogen) atoms. The van der Waals surface area contributed by atoms with Crippen molar-refractivity contribution in [3.05, 3.63) is 18.2 Å². The quantitative estimate of drug-likeness (QED) is 0.735.